The highest BCUT2D eigenvalue weighted by atomic mass is 32.2. The zero-order valence-corrected chi connectivity index (χ0v) is 19.4. The van der Waals surface area contributed by atoms with Crippen LogP contribution in [0.2, 0.25) is 0 Å². The molecule has 7 nitrogen and oxygen atoms in total. The van der Waals surface area contributed by atoms with Crippen molar-refractivity contribution >= 4 is 20.9 Å². The molecule has 4 rings (SSSR count). The van der Waals surface area contributed by atoms with Crippen LogP contribution in [0.5, 0.6) is 5.75 Å². The van der Waals surface area contributed by atoms with E-state index in [1.165, 1.54) is 23.5 Å². The number of pyridine rings is 1. The summed E-state index contributed by atoms with van der Waals surface area (Å²) in [6, 6.07) is 12.0. The molecule has 0 aliphatic carbocycles. The van der Waals surface area contributed by atoms with Gasteiger partial charge in [0.2, 0.25) is 10.0 Å². The molecule has 1 aliphatic heterocycles. The first kappa shape index (κ1) is 22.5. The van der Waals surface area contributed by atoms with Gasteiger partial charge in [-0.3, -0.25) is 4.79 Å². The van der Waals surface area contributed by atoms with Gasteiger partial charge in [0.15, 0.2) is 0 Å². The fourth-order valence-corrected chi connectivity index (χ4v) is 5.54. The summed E-state index contributed by atoms with van der Waals surface area (Å²) in [4.78, 5) is 16.0. The number of nitrogens with one attached hydrogen (secondary N) is 1. The summed E-state index contributed by atoms with van der Waals surface area (Å²) < 4.78 is 39.3. The lowest BCUT2D eigenvalue weighted by molar-refractivity contribution is 0.0925. The van der Waals surface area contributed by atoms with Crippen LogP contribution < -0.4 is 10.3 Å². The highest BCUT2D eigenvalue weighted by Crippen LogP contribution is 2.25. The van der Waals surface area contributed by atoms with E-state index in [-0.39, 0.29) is 29.6 Å². The minimum Gasteiger partial charge on any atom is -0.497 e. The van der Waals surface area contributed by atoms with Crippen molar-refractivity contribution in [2.24, 2.45) is 0 Å². The van der Waals surface area contributed by atoms with Gasteiger partial charge in [-0.05, 0) is 68.1 Å². The van der Waals surface area contributed by atoms with E-state index in [1.807, 2.05) is 32.0 Å². The first-order valence-corrected chi connectivity index (χ1v) is 12.1. The quantitative estimate of drug-likeness (QED) is 0.588. The maximum Gasteiger partial charge on any atom is 0.252 e. The standard InChI is InChI=1S/C24H28N2O5S/c1-16-6-7-17(2)23-22(16)13-18(24(27)25-23)14-26(15-20-5-4-12-31-20)32(28,29)21-10-8-19(30-3)9-11-21/h6-11,13,20H,4-5,12,14-15H2,1-3H3,(H,25,27)/t20-/m1/s1. The van der Waals surface area contributed by atoms with E-state index in [9.17, 15) is 13.2 Å². The molecule has 1 fully saturated rings. The van der Waals surface area contributed by atoms with Crippen molar-refractivity contribution in [3.05, 3.63) is 69.5 Å². The Kier molecular flexibility index (Phi) is 6.37. The number of aromatic nitrogens is 1. The van der Waals surface area contributed by atoms with Crippen LogP contribution in [0.1, 0.15) is 29.5 Å². The van der Waals surface area contributed by atoms with Crippen molar-refractivity contribution in [3.8, 4) is 5.75 Å². The van der Waals surface area contributed by atoms with Gasteiger partial charge in [0.25, 0.3) is 5.56 Å². The summed E-state index contributed by atoms with van der Waals surface area (Å²) in [5.74, 6) is 0.575. The van der Waals surface area contributed by atoms with Crippen LogP contribution in [-0.2, 0) is 21.3 Å². The smallest absolute Gasteiger partial charge is 0.252 e. The second-order valence-corrected chi connectivity index (χ2v) is 10.2. The molecule has 0 unspecified atom stereocenters. The molecule has 2 aromatic carbocycles. The SMILES string of the molecule is COc1ccc(S(=O)(=O)N(Cc2cc3c(C)ccc(C)c3[nH]c2=O)C[C@H]2CCCO2)cc1. The predicted molar refractivity (Wildman–Crippen MR) is 124 cm³/mol. The molecular weight excluding hydrogens is 428 g/mol. The lowest BCUT2D eigenvalue weighted by Crippen LogP contribution is -2.38. The number of sulfonamides is 1. The fourth-order valence-electron chi connectivity index (χ4n) is 4.09. The van der Waals surface area contributed by atoms with Gasteiger partial charge in [0, 0.05) is 30.6 Å². The molecule has 0 amide bonds. The van der Waals surface area contributed by atoms with Crippen molar-refractivity contribution in [1.82, 2.24) is 9.29 Å². The van der Waals surface area contributed by atoms with Gasteiger partial charge in [-0.1, -0.05) is 12.1 Å². The number of aromatic amines is 1. The zero-order valence-electron chi connectivity index (χ0n) is 18.6. The van der Waals surface area contributed by atoms with Crippen molar-refractivity contribution in [2.75, 3.05) is 20.3 Å². The molecule has 1 aromatic heterocycles. The van der Waals surface area contributed by atoms with E-state index < -0.39 is 10.0 Å². The summed E-state index contributed by atoms with van der Waals surface area (Å²) in [5, 5.41) is 0.915. The number of methoxy groups -OCH3 is 1. The number of ether oxygens (including phenoxy) is 2. The minimum atomic E-state index is -3.86. The van der Waals surface area contributed by atoms with E-state index in [4.69, 9.17) is 9.47 Å². The monoisotopic (exact) mass is 456 g/mol. The van der Waals surface area contributed by atoms with Gasteiger partial charge in [-0.15, -0.1) is 0 Å². The molecule has 3 aromatic rings. The molecule has 0 spiro atoms. The van der Waals surface area contributed by atoms with Crippen LogP contribution in [0.4, 0.5) is 0 Å². The third kappa shape index (κ3) is 4.44. The van der Waals surface area contributed by atoms with E-state index in [0.29, 0.717) is 17.9 Å². The zero-order chi connectivity index (χ0) is 22.9. The maximum absolute atomic E-state index is 13.5. The average Bonchev–Trinajstić information content (AvgIpc) is 3.30. The Labute approximate surface area is 188 Å². The van der Waals surface area contributed by atoms with Crippen molar-refractivity contribution in [2.45, 2.75) is 44.2 Å². The van der Waals surface area contributed by atoms with E-state index in [2.05, 4.69) is 4.98 Å². The summed E-state index contributed by atoms with van der Waals surface area (Å²) >= 11 is 0. The molecule has 1 saturated heterocycles. The lowest BCUT2D eigenvalue weighted by atomic mass is 10.0. The molecule has 1 aliphatic rings. The van der Waals surface area contributed by atoms with Crippen molar-refractivity contribution in [3.63, 3.8) is 0 Å². The molecule has 0 saturated carbocycles. The lowest BCUT2D eigenvalue weighted by Gasteiger charge is -2.25. The van der Waals surface area contributed by atoms with Crippen LogP contribution in [0.15, 0.2) is 52.2 Å². The Balaban J connectivity index is 1.74. The fraction of sp³-hybridized carbons (Fsp3) is 0.375. The molecule has 1 atom stereocenters. The number of aryl methyl sites for hydroxylation is 2. The molecule has 0 bridgehead atoms. The highest BCUT2D eigenvalue weighted by Gasteiger charge is 2.30. The number of benzene rings is 2. The molecule has 8 heteroatoms. The number of hydrogen-bond acceptors (Lipinski definition) is 5. The number of nitrogens with zero attached hydrogens (tertiary/aromatic N) is 1. The summed E-state index contributed by atoms with van der Waals surface area (Å²) in [7, 11) is -2.32. The van der Waals surface area contributed by atoms with Gasteiger partial charge < -0.3 is 14.5 Å². The van der Waals surface area contributed by atoms with Crippen LogP contribution in [-0.4, -0.2) is 44.1 Å². The molecule has 2 heterocycles. The molecule has 0 radical (unpaired) electrons. The number of fused-ring (bicyclic) bond motifs is 1. The summed E-state index contributed by atoms with van der Waals surface area (Å²) in [6.45, 7) is 4.69. The first-order valence-electron chi connectivity index (χ1n) is 10.7. The van der Waals surface area contributed by atoms with E-state index in [0.717, 1.165) is 34.9 Å². The van der Waals surface area contributed by atoms with Crippen LogP contribution in [0.3, 0.4) is 0 Å². The van der Waals surface area contributed by atoms with Gasteiger partial charge in [-0.2, -0.15) is 4.31 Å². The maximum atomic E-state index is 13.5. The Morgan fingerprint density at radius 1 is 1.12 bits per heavy atom. The summed E-state index contributed by atoms with van der Waals surface area (Å²) in [6.07, 6.45) is 1.50. The Hall–Kier alpha value is -2.68. The van der Waals surface area contributed by atoms with Gasteiger partial charge in [-0.25, -0.2) is 8.42 Å². The molecule has 32 heavy (non-hydrogen) atoms. The summed E-state index contributed by atoms with van der Waals surface area (Å²) in [5.41, 5.74) is 2.89. The topological polar surface area (TPSA) is 88.7 Å². The van der Waals surface area contributed by atoms with Gasteiger partial charge >= 0.3 is 0 Å². The molecular formula is C24H28N2O5S. The largest absolute Gasteiger partial charge is 0.497 e. The Morgan fingerprint density at radius 2 is 1.84 bits per heavy atom. The molecule has 170 valence electrons. The van der Waals surface area contributed by atoms with Crippen LogP contribution in [0, 0.1) is 13.8 Å². The van der Waals surface area contributed by atoms with Crippen molar-refractivity contribution in [1.29, 1.82) is 0 Å². The number of hydrogen-bond donors (Lipinski definition) is 1. The average molecular weight is 457 g/mol. The predicted octanol–water partition coefficient (Wildman–Crippen LogP) is 3.52. The van der Waals surface area contributed by atoms with E-state index in [1.54, 1.807) is 12.1 Å². The minimum absolute atomic E-state index is 0.0348. The Morgan fingerprint density at radius 3 is 2.50 bits per heavy atom. The third-order valence-electron chi connectivity index (χ3n) is 6.00. The third-order valence-corrected chi connectivity index (χ3v) is 7.82. The van der Waals surface area contributed by atoms with Crippen LogP contribution >= 0.6 is 0 Å². The number of H-pyrrole nitrogens is 1. The van der Waals surface area contributed by atoms with Gasteiger partial charge in [0.1, 0.15) is 5.75 Å². The molecule has 1 N–H and O–H groups in total. The van der Waals surface area contributed by atoms with Gasteiger partial charge in [0.05, 0.1) is 23.6 Å². The highest BCUT2D eigenvalue weighted by molar-refractivity contribution is 7.89. The van der Waals surface area contributed by atoms with Crippen LogP contribution in [0.25, 0.3) is 10.9 Å². The Bertz CT molecular complexity index is 1280. The normalized spacial score (nSPS) is 16.7. The second kappa shape index (κ2) is 9.05. The number of rotatable bonds is 7. The second-order valence-electron chi connectivity index (χ2n) is 8.22. The van der Waals surface area contributed by atoms with E-state index >= 15 is 0 Å². The van der Waals surface area contributed by atoms with Crippen molar-refractivity contribution < 1.29 is 17.9 Å². The first-order chi connectivity index (χ1) is 15.3.